The first kappa shape index (κ1) is 11.2. The van der Waals surface area contributed by atoms with Gasteiger partial charge in [0.1, 0.15) is 0 Å². The lowest BCUT2D eigenvalue weighted by Crippen LogP contribution is -2.28. The third-order valence-corrected chi connectivity index (χ3v) is 1.22. The normalized spacial score (nSPS) is 8.33. The van der Waals surface area contributed by atoms with Gasteiger partial charge in [-0.25, -0.2) is 4.79 Å². The maximum absolute atomic E-state index is 10.3. The Morgan fingerprint density at radius 2 is 2.08 bits per heavy atom. The molecule has 0 saturated carbocycles. The number of primary amides is 1. The second-order valence-electron chi connectivity index (χ2n) is 2.07. The van der Waals surface area contributed by atoms with Crippen molar-refractivity contribution < 1.29 is 4.79 Å². The van der Waals surface area contributed by atoms with Gasteiger partial charge in [0.05, 0.1) is 0 Å². The van der Waals surface area contributed by atoms with Crippen LogP contribution in [0.1, 0.15) is 5.56 Å². The van der Waals surface area contributed by atoms with Gasteiger partial charge in [0.2, 0.25) is 0 Å². The van der Waals surface area contributed by atoms with Crippen LogP contribution in [0.15, 0.2) is 24.5 Å². The molecule has 1 aromatic rings. The minimum absolute atomic E-state index is 0. The van der Waals surface area contributed by atoms with Crippen molar-refractivity contribution >= 4 is 30.0 Å². The molecule has 0 aliphatic heterocycles. The predicted molar refractivity (Wildman–Crippen MR) is 56.1 cm³/mol. The Balaban J connectivity index is 0.00000121. The van der Waals surface area contributed by atoms with Gasteiger partial charge in [-0.1, -0.05) is 0 Å². The summed E-state index contributed by atoms with van der Waals surface area (Å²) in [6.07, 6.45) is 3.33. The van der Waals surface area contributed by atoms with Gasteiger partial charge in [-0.3, -0.25) is 4.98 Å². The quantitative estimate of drug-likeness (QED) is 0.789. The highest BCUT2D eigenvalue weighted by atomic mass is 127. The number of rotatable bonds is 2. The SMILES string of the molecule is I.NC(=O)NCc1ccncc1. The summed E-state index contributed by atoms with van der Waals surface area (Å²) >= 11 is 0. The first-order valence-corrected chi connectivity index (χ1v) is 3.21. The molecule has 1 aromatic heterocycles. The van der Waals surface area contributed by atoms with Gasteiger partial charge in [0.25, 0.3) is 0 Å². The van der Waals surface area contributed by atoms with E-state index in [1.165, 1.54) is 0 Å². The van der Waals surface area contributed by atoms with E-state index in [4.69, 9.17) is 5.73 Å². The summed E-state index contributed by atoms with van der Waals surface area (Å²) in [5.74, 6) is 0. The first-order chi connectivity index (χ1) is 5.29. The van der Waals surface area contributed by atoms with Crippen molar-refractivity contribution in [2.75, 3.05) is 0 Å². The molecule has 5 heteroatoms. The summed E-state index contributed by atoms with van der Waals surface area (Å²) in [5.41, 5.74) is 5.86. The van der Waals surface area contributed by atoms with Gasteiger partial charge in [0.15, 0.2) is 0 Å². The van der Waals surface area contributed by atoms with E-state index in [1.54, 1.807) is 12.4 Å². The van der Waals surface area contributed by atoms with E-state index >= 15 is 0 Å². The summed E-state index contributed by atoms with van der Waals surface area (Å²) in [5, 5.41) is 2.47. The van der Waals surface area contributed by atoms with Crippen LogP contribution in [0.4, 0.5) is 4.79 Å². The van der Waals surface area contributed by atoms with Crippen molar-refractivity contribution in [1.82, 2.24) is 10.3 Å². The zero-order valence-corrected chi connectivity index (χ0v) is 8.69. The lowest BCUT2D eigenvalue weighted by molar-refractivity contribution is 0.248. The van der Waals surface area contributed by atoms with Crippen LogP contribution in [0.2, 0.25) is 0 Å². The van der Waals surface area contributed by atoms with Crippen LogP contribution >= 0.6 is 24.0 Å². The maximum atomic E-state index is 10.3. The van der Waals surface area contributed by atoms with Crippen LogP contribution in [-0.4, -0.2) is 11.0 Å². The molecule has 66 valence electrons. The number of hydrogen-bond donors (Lipinski definition) is 2. The molecular formula is C7H10IN3O. The van der Waals surface area contributed by atoms with Gasteiger partial charge >= 0.3 is 6.03 Å². The average Bonchev–Trinajstić information content (AvgIpc) is 2.03. The van der Waals surface area contributed by atoms with Crippen LogP contribution in [-0.2, 0) is 6.54 Å². The number of carbonyl (C=O) groups is 1. The molecule has 0 aliphatic rings. The largest absolute Gasteiger partial charge is 0.352 e. The number of nitrogens with two attached hydrogens (primary N) is 1. The van der Waals surface area contributed by atoms with E-state index in [9.17, 15) is 4.79 Å². The predicted octanol–water partition coefficient (Wildman–Crippen LogP) is 0.868. The van der Waals surface area contributed by atoms with Crippen molar-refractivity contribution in [2.45, 2.75) is 6.54 Å². The lowest BCUT2D eigenvalue weighted by atomic mass is 10.3. The fraction of sp³-hybridized carbons (Fsp3) is 0.143. The Labute approximate surface area is 87.6 Å². The fourth-order valence-electron chi connectivity index (χ4n) is 0.690. The molecule has 12 heavy (non-hydrogen) atoms. The third kappa shape index (κ3) is 4.12. The number of urea groups is 1. The maximum Gasteiger partial charge on any atom is 0.312 e. The molecule has 3 N–H and O–H groups in total. The Kier molecular flexibility index (Phi) is 5.35. The topological polar surface area (TPSA) is 68.0 Å². The summed E-state index contributed by atoms with van der Waals surface area (Å²) < 4.78 is 0. The van der Waals surface area contributed by atoms with Crippen LogP contribution < -0.4 is 11.1 Å². The van der Waals surface area contributed by atoms with E-state index in [-0.39, 0.29) is 24.0 Å². The molecule has 0 unspecified atom stereocenters. The molecule has 4 nitrogen and oxygen atoms in total. The van der Waals surface area contributed by atoms with E-state index in [0.29, 0.717) is 6.54 Å². The zero-order chi connectivity index (χ0) is 8.10. The Morgan fingerprint density at radius 3 is 2.58 bits per heavy atom. The highest BCUT2D eigenvalue weighted by Gasteiger charge is 1.92. The van der Waals surface area contributed by atoms with Crippen LogP contribution in [0.3, 0.4) is 0 Å². The van der Waals surface area contributed by atoms with Crippen LogP contribution in [0.5, 0.6) is 0 Å². The highest BCUT2D eigenvalue weighted by Crippen LogP contribution is 1.93. The molecular weight excluding hydrogens is 269 g/mol. The fourth-order valence-corrected chi connectivity index (χ4v) is 0.690. The van der Waals surface area contributed by atoms with Gasteiger partial charge in [-0.15, -0.1) is 24.0 Å². The number of halogens is 1. The lowest BCUT2D eigenvalue weighted by Gasteiger charge is -1.99. The minimum Gasteiger partial charge on any atom is -0.352 e. The molecule has 0 fully saturated rings. The smallest absolute Gasteiger partial charge is 0.312 e. The number of pyridine rings is 1. The molecule has 0 aromatic carbocycles. The second-order valence-corrected chi connectivity index (χ2v) is 2.07. The number of amides is 2. The van der Waals surface area contributed by atoms with Crippen molar-refractivity contribution in [3.63, 3.8) is 0 Å². The molecule has 0 spiro atoms. The molecule has 1 heterocycles. The Morgan fingerprint density at radius 1 is 1.50 bits per heavy atom. The van der Waals surface area contributed by atoms with E-state index in [2.05, 4.69) is 10.3 Å². The second kappa shape index (κ2) is 5.76. The number of hydrogen-bond acceptors (Lipinski definition) is 2. The number of nitrogens with one attached hydrogen (secondary N) is 1. The van der Waals surface area contributed by atoms with Gasteiger partial charge in [-0.2, -0.15) is 0 Å². The Bertz CT molecular complexity index is 240. The number of carbonyl (C=O) groups excluding carboxylic acids is 1. The van der Waals surface area contributed by atoms with Crippen LogP contribution in [0.25, 0.3) is 0 Å². The molecule has 0 saturated heterocycles. The van der Waals surface area contributed by atoms with Gasteiger partial charge in [-0.05, 0) is 17.7 Å². The summed E-state index contributed by atoms with van der Waals surface area (Å²) in [6.45, 7) is 0.456. The van der Waals surface area contributed by atoms with Crippen molar-refractivity contribution in [1.29, 1.82) is 0 Å². The van der Waals surface area contributed by atoms with E-state index in [0.717, 1.165) is 5.56 Å². The van der Waals surface area contributed by atoms with E-state index in [1.807, 2.05) is 12.1 Å². The number of aromatic nitrogens is 1. The molecule has 0 bridgehead atoms. The van der Waals surface area contributed by atoms with Crippen molar-refractivity contribution in [3.05, 3.63) is 30.1 Å². The first-order valence-electron chi connectivity index (χ1n) is 3.21. The monoisotopic (exact) mass is 279 g/mol. The van der Waals surface area contributed by atoms with Crippen molar-refractivity contribution in [2.24, 2.45) is 5.73 Å². The summed E-state index contributed by atoms with van der Waals surface area (Å²) in [7, 11) is 0. The van der Waals surface area contributed by atoms with E-state index < -0.39 is 6.03 Å². The third-order valence-electron chi connectivity index (χ3n) is 1.22. The summed E-state index contributed by atoms with van der Waals surface area (Å²) in [4.78, 5) is 14.1. The Hall–Kier alpha value is -0.850. The average molecular weight is 279 g/mol. The van der Waals surface area contributed by atoms with Crippen molar-refractivity contribution in [3.8, 4) is 0 Å². The molecule has 1 rings (SSSR count). The molecule has 2 amide bonds. The number of nitrogens with zero attached hydrogens (tertiary/aromatic N) is 1. The molecule has 0 radical (unpaired) electrons. The zero-order valence-electron chi connectivity index (χ0n) is 6.36. The van der Waals surface area contributed by atoms with Gasteiger partial charge in [0, 0.05) is 18.9 Å². The standard InChI is InChI=1S/C7H9N3O.HI/c8-7(11)10-5-6-1-3-9-4-2-6;/h1-4H,5H2,(H3,8,10,11);1H. The molecule has 0 aliphatic carbocycles. The van der Waals surface area contributed by atoms with Gasteiger partial charge < -0.3 is 11.1 Å². The minimum atomic E-state index is -0.512. The molecule has 0 atom stereocenters. The van der Waals surface area contributed by atoms with Crippen LogP contribution in [0, 0.1) is 0 Å². The highest BCUT2D eigenvalue weighted by molar-refractivity contribution is 14.0. The summed E-state index contributed by atoms with van der Waals surface area (Å²) in [6, 6.07) is 3.12.